The van der Waals surface area contributed by atoms with Crippen molar-refractivity contribution >= 4 is 0 Å². The maximum Gasteiger partial charge on any atom is 0.252 e. The van der Waals surface area contributed by atoms with Gasteiger partial charge in [-0.1, -0.05) is 0 Å². The third-order valence-electron chi connectivity index (χ3n) is 3.95. The van der Waals surface area contributed by atoms with Gasteiger partial charge in [0.15, 0.2) is 12.4 Å². The first-order chi connectivity index (χ1) is 11.5. The Morgan fingerprint density at radius 1 is 0.800 bits per heavy atom. The van der Waals surface area contributed by atoms with Gasteiger partial charge in [0, 0.05) is 0 Å². The van der Waals surface area contributed by atoms with E-state index in [2.05, 4.69) is 4.74 Å². The van der Waals surface area contributed by atoms with Crippen molar-refractivity contribution in [1.29, 1.82) is 0 Å². The normalized spacial score (nSPS) is 50.8. The first kappa shape index (κ1) is 22.5. The molecule has 2 fully saturated rings. The second-order valence-corrected chi connectivity index (χ2v) is 5.82. The Bertz CT molecular complexity index is 408. The number of nitrogens with two attached hydrogens (primary N) is 2. The summed E-state index contributed by atoms with van der Waals surface area (Å²) in [6.07, 6.45) is -11.0. The van der Waals surface area contributed by atoms with Crippen molar-refractivity contribution in [2.75, 3.05) is 13.2 Å². The van der Waals surface area contributed by atoms with Gasteiger partial charge in [0.2, 0.25) is 0 Å². The molecular formula is C12H26N2O11. The van der Waals surface area contributed by atoms with E-state index in [9.17, 15) is 15.3 Å². The largest absolute Gasteiger partial charge is 0.394 e. The van der Waals surface area contributed by atoms with Gasteiger partial charge in [-0.3, -0.25) is 5.73 Å². The number of aliphatic hydroxyl groups excluding tert-OH is 8. The summed E-state index contributed by atoms with van der Waals surface area (Å²) in [4.78, 5) is 0. The second kappa shape index (κ2) is 8.92. The van der Waals surface area contributed by atoms with Gasteiger partial charge >= 0.3 is 0 Å². The average molecular weight is 374 g/mol. The molecule has 25 heavy (non-hydrogen) atoms. The van der Waals surface area contributed by atoms with Crippen molar-refractivity contribution in [2.45, 2.75) is 61.0 Å². The van der Waals surface area contributed by atoms with Crippen molar-refractivity contribution in [1.82, 2.24) is 0 Å². The number of ether oxygens (including phenoxy) is 2. The monoisotopic (exact) mass is 374 g/mol. The highest BCUT2D eigenvalue weighted by molar-refractivity contribution is 4.93. The van der Waals surface area contributed by atoms with Crippen LogP contribution in [-0.4, -0.2) is 120 Å². The van der Waals surface area contributed by atoms with Crippen LogP contribution in [0.5, 0.6) is 0 Å². The fourth-order valence-electron chi connectivity index (χ4n) is 2.30. The predicted octanol–water partition coefficient (Wildman–Crippen LogP) is -7.19. The quantitative estimate of drug-likeness (QED) is 0.201. The molecule has 0 aromatic rings. The Balaban J connectivity index is 0.000000251. The molecular weight excluding hydrogens is 348 g/mol. The molecule has 0 aliphatic carbocycles. The molecule has 2 heterocycles. The third kappa shape index (κ3) is 5.01. The van der Waals surface area contributed by atoms with Crippen LogP contribution in [0.15, 0.2) is 0 Å². The highest BCUT2D eigenvalue weighted by Crippen LogP contribution is 2.23. The summed E-state index contributed by atoms with van der Waals surface area (Å²) in [6, 6.07) is -1.04. The highest BCUT2D eigenvalue weighted by Gasteiger charge is 2.50. The molecule has 2 aliphatic heterocycles. The molecule has 0 saturated carbocycles. The van der Waals surface area contributed by atoms with Crippen LogP contribution in [0.4, 0.5) is 0 Å². The van der Waals surface area contributed by atoms with Crippen LogP contribution < -0.4 is 11.5 Å². The topological polar surface area (TPSA) is 253 Å². The van der Waals surface area contributed by atoms with Crippen molar-refractivity contribution in [2.24, 2.45) is 11.5 Å². The van der Waals surface area contributed by atoms with Crippen molar-refractivity contribution in [3.8, 4) is 0 Å². The Hall–Kier alpha value is -0.520. The summed E-state index contributed by atoms with van der Waals surface area (Å²) in [5, 5.41) is 81.3. The molecule has 6 unspecified atom stereocenters. The maximum absolute atomic E-state index is 9.20. The summed E-state index contributed by atoms with van der Waals surface area (Å²) in [7, 11) is 0. The first-order valence-electron chi connectivity index (χ1n) is 7.38. The van der Waals surface area contributed by atoms with Gasteiger partial charge in [-0.25, -0.2) is 0 Å². The van der Waals surface area contributed by atoms with E-state index in [0.29, 0.717) is 0 Å². The Morgan fingerprint density at radius 3 is 1.76 bits per heavy atom. The maximum atomic E-state index is 9.20. The van der Waals surface area contributed by atoms with Gasteiger partial charge in [-0.2, -0.15) is 0 Å². The number of rotatable bonds is 2. The van der Waals surface area contributed by atoms with Crippen molar-refractivity contribution in [3.05, 3.63) is 0 Å². The lowest BCUT2D eigenvalue weighted by molar-refractivity contribution is -0.346. The number of aliphatic hydroxyl groups is 9. The van der Waals surface area contributed by atoms with Gasteiger partial charge in [-0.15, -0.1) is 0 Å². The van der Waals surface area contributed by atoms with Crippen molar-refractivity contribution < 1.29 is 55.4 Å². The highest BCUT2D eigenvalue weighted by atomic mass is 16.7. The van der Waals surface area contributed by atoms with Gasteiger partial charge in [0.1, 0.15) is 36.6 Å². The molecule has 0 radical (unpaired) electrons. The lowest BCUT2D eigenvalue weighted by Crippen LogP contribution is -2.69. The SMILES string of the molecule is NC1(O)O[C@H](CO)[C@@H](O)[C@H](O)[C@H]1O.NC1C(O)OC(CO)C(O)C1O. The lowest BCUT2D eigenvalue weighted by atomic mass is 9.97. The molecule has 0 aromatic heterocycles. The molecule has 13 nitrogen and oxygen atoms in total. The van der Waals surface area contributed by atoms with Crippen LogP contribution in [0.3, 0.4) is 0 Å². The van der Waals surface area contributed by atoms with Gasteiger partial charge in [0.05, 0.1) is 19.3 Å². The van der Waals surface area contributed by atoms with E-state index >= 15 is 0 Å². The summed E-state index contributed by atoms with van der Waals surface area (Å²) in [5.74, 6) is -2.45. The zero-order valence-electron chi connectivity index (χ0n) is 13.1. The van der Waals surface area contributed by atoms with Gasteiger partial charge in [0.25, 0.3) is 5.91 Å². The average Bonchev–Trinajstić information content (AvgIpc) is 2.58. The van der Waals surface area contributed by atoms with E-state index < -0.39 is 74.2 Å². The Kier molecular flexibility index (Phi) is 8.03. The molecule has 0 aromatic carbocycles. The van der Waals surface area contributed by atoms with Crippen LogP contribution in [0.25, 0.3) is 0 Å². The summed E-state index contributed by atoms with van der Waals surface area (Å²) >= 11 is 0. The Morgan fingerprint density at radius 2 is 1.28 bits per heavy atom. The number of hydrogen-bond donors (Lipinski definition) is 11. The summed E-state index contributed by atoms with van der Waals surface area (Å²) < 4.78 is 9.24. The van der Waals surface area contributed by atoms with Gasteiger partial charge < -0.3 is 61.2 Å². The fraction of sp³-hybridized carbons (Fsp3) is 1.00. The van der Waals surface area contributed by atoms with Gasteiger partial charge in [-0.05, 0) is 0 Å². The summed E-state index contributed by atoms with van der Waals surface area (Å²) in [5.41, 5.74) is 10.3. The molecule has 0 spiro atoms. The first-order valence-corrected chi connectivity index (χ1v) is 7.38. The molecule has 2 rings (SSSR count). The van der Waals surface area contributed by atoms with E-state index in [1.807, 2.05) is 0 Å². The zero-order valence-corrected chi connectivity index (χ0v) is 13.1. The summed E-state index contributed by atoms with van der Waals surface area (Å²) in [6.45, 7) is -1.09. The smallest absolute Gasteiger partial charge is 0.252 e. The van der Waals surface area contributed by atoms with E-state index in [0.717, 1.165) is 0 Å². The van der Waals surface area contributed by atoms with Crippen molar-refractivity contribution in [3.63, 3.8) is 0 Å². The molecule has 10 atom stereocenters. The molecule has 13 N–H and O–H groups in total. The molecule has 0 amide bonds. The predicted molar refractivity (Wildman–Crippen MR) is 77.1 cm³/mol. The molecule has 150 valence electrons. The minimum absolute atomic E-state index is 0.470. The van der Waals surface area contributed by atoms with Crippen LogP contribution >= 0.6 is 0 Å². The van der Waals surface area contributed by atoms with E-state index in [1.165, 1.54) is 0 Å². The minimum atomic E-state index is -2.45. The third-order valence-corrected chi connectivity index (χ3v) is 3.95. The molecule has 13 heteroatoms. The standard InChI is InChI=1S/C6H13NO6.C6H13NO5/c7-6(12)5(11)4(10)3(9)2(1-8)13-6;7-3-5(10)4(9)2(1-8)12-6(3)11/h2-5,8-12H,1,7H2;2-6,8-11H,1,7H2/t2-,3-,4+,5-,6?;/m1./s1. The lowest BCUT2D eigenvalue weighted by Gasteiger charge is -2.42. The minimum Gasteiger partial charge on any atom is -0.394 e. The van der Waals surface area contributed by atoms with E-state index in [-0.39, 0.29) is 0 Å². The molecule has 2 saturated heterocycles. The number of hydrogen-bond acceptors (Lipinski definition) is 13. The van der Waals surface area contributed by atoms with Crippen LogP contribution in [-0.2, 0) is 9.47 Å². The van der Waals surface area contributed by atoms with E-state index in [4.69, 9.17) is 46.8 Å². The Labute approximate surface area is 142 Å². The van der Waals surface area contributed by atoms with Crippen LogP contribution in [0, 0.1) is 0 Å². The second-order valence-electron chi connectivity index (χ2n) is 5.82. The molecule has 2 aliphatic rings. The van der Waals surface area contributed by atoms with Crippen LogP contribution in [0.2, 0.25) is 0 Å². The fourth-order valence-corrected chi connectivity index (χ4v) is 2.30. The molecule has 0 bridgehead atoms. The van der Waals surface area contributed by atoms with Crippen LogP contribution in [0.1, 0.15) is 0 Å². The van der Waals surface area contributed by atoms with E-state index in [1.54, 1.807) is 0 Å². The zero-order chi connectivity index (χ0) is 19.5.